The molecule has 0 aliphatic heterocycles. The van der Waals surface area contributed by atoms with Crippen molar-refractivity contribution in [1.82, 2.24) is 10.3 Å². The van der Waals surface area contributed by atoms with Gasteiger partial charge in [0.2, 0.25) is 5.91 Å². The number of aromatic nitrogens is 1. The van der Waals surface area contributed by atoms with Crippen molar-refractivity contribution in [2.75, 3.05) is 10.6 Å². The normalized spacial score (nSPS) is 10.5. The first-order valence-corrected chi connectivity index (χ1v) is 10.1. The molecule has 1 aromatic heterocycles. The predicted molar refractivity (Wildman–Crippen MR) is 118 cm³/mol. The molecule has 28 heavy (non-hydrogen) atoms. The van der Waals surface area contributed by atoms with Gasteiger partial charge in [-0.15, -0.1) is 0 Å². The number of hydrogen-bond donors (Lipinski definition) is 3. The molecule has 1 heterocycles. The zero-order valence-corrected chi connectivity index (χ0v) is 17.2. The molecule has 0 aliphatic rings. The second-order valence-corrected chi connectivity index (χ2v) is 7.50. The van der Waals surface area contributed by atoms with Crippen LogP contribution in [0, 0.1) is 0 Å². The standard InChI is InChI=1S/C20H20N4O2S2/c1-3-12-5-7-13(8-6-12)18(26)24-19(27)21-14-9-10-15-16(11-14)28-20(22-15)23-17(25)4-2/h5-11H,3-4H2,1-2H3,(H,22,23,25)(H2,21,24,26,27). The summed E-state index contributed by atoms with van der Waals surface area (Å²) in [6.07, 6.45) is 1.32. The third kappa shape index (κ3) is 4.90. The third-order valence-electron chi connectivity index (χ3n) is 4.07. The van der Waals surface area contributed by atoms with Gasteiger partial charge in [-0.3, -0.25) is 14.9 Å². The predicted octanol–water partition coefficient (Wildman–Crippen LogP) is 4.33. The lowest BCUT2D eigenvalue weighted by Crippen LogP contribution is -2.34. The first-order valence-electron chi connectivity index (χ1n) is 8.90. The number of fused-ring (bicyclic) bond motifs is 1. The van der Waals surface area contributed by atoms with Gasteiger partial charge in [-0.2, -0.15) is 0 Å². The van der Waals surface area contributed by atoms with Crippen molar-refractivity contribution in [3.05, 3.63) is 53.6 Å². The Labute approximate surface area is 172 Å². The highest BCUT2D eigenvalue weighted by atomic mass is 32.1. The van der Waals surface area contributed by atoms with Gasteiger partial charge in [-0.1, -0.05) is 37.3 Å². The molecule has 0 saturated carbocycles. The van der Waals surface area contributed by atoms with Crippen molar-refractivity contribution >= 4 is 61.5 Å². The van der Waals surface area contributed by atoms with E-state index in [-0.39, 0.29) is 16.9 Å². The van der Waals surface area contributed by atoms with Crippen LogP contribution in [0.2, 0.25) is 0 Å². The number of amides is 2. The van der Waals surface area contributed by atoms with Crippen LogP contribution < -0.4 is 16.0 Å². The van der Waals surface area contributed by atoms with E-state index in [1.165, 1.54) is 16.9 Å². The molecule has 0 unspecified atom stereocenters. The molecule has 2 amide bonds. The summed E-state index contributed by atoms with van der Waals surface area (Å²) in [5.41, 5.74) is 3.24. The summed E-state index contributed by atoms with van der Waals surface area (Å²) in [5, 5.41) is 9.23. The van der Waals surface area contributed by atoms with E-state index < -0.39 is 0 Å². The Morgan fingerprint density at radius 2 is 1.82 bits per heavy atom. The van der Waals surface area contributed by atoms with Crippen molar-refractivity contribution in [1.29, 1.82) is 0 Å². The SMILES string of the molecule is CCC(=O)Nc1nc2ccc(NC(=S)NC(=O)c3ccc(CC)cc3)cc2s1. The van der Waals surface area contributed by atoms with E-state index in [0.29, 0.717) is 17.1 Å². The molecule has 0 spiro atoms. The van der Waals surface area contributed by atoms with Gasteiger partial charge < -0.3 is 10.6 Å². The summed E-state index contributed by atoms with van der Waals surface area (Å²) < 4.78 is 0.903. The average Bonchev–Trinajstić information content (AvgIpc) is 3.09. The lowest BCUT2D eigenvalue weighted by Gasteiger charge is -2.10. The van der Waals surface area contributed by atoms with Crippen LogP contribution in [0.4, 0.5) is 10.8 Å². The van der Waals surface area contributed by atoms with E-state index in [0.717, 1.165) is 22.3 Å². The van der Waals surface area contributed by atoms with Crippen LogP contribution in [0.3, 0.4) is 0 Å². The summed E-state index contributed by atoms with van der Waals surface area (Å²) in [7, 11) is 0. The zero-order chi connectivity index (χ0) is 20.1. The van der Waals surface area contributed by atoms with E-state index >= 15 is 0 Å². The first-order chi connectivity index (χ1) is 13.5. The molecule has 3 aromatic rings. The van der Waals surface area contributed by atoms with Gasteiger partial charge in [0.15, 0.2) is 10.2 Å². The topological polar surface area (TPSA) is 83.1 Å². The Bertz CT molecular complexity index is 1030. The number of hydrogen-bond acceptors (Lipinski definition) is 5. The summed E-state index contributed by atoms with van der Waals surface area (Å²) in [4.78, 5) is 28.2. The lowest BCUT2D eigenvalue weighted by atomic mass is 10.1. The number of aryl methyl sites for hydroxylation is 1. The van der Waals surface area contributed by atoms with Crippen LogP contribution in [0.1, 0.15) is 36.2 Å². The quantitative estimate of drug-likeness (QED) is 0.543. The fraction of sp³-hybridized carbons (Fsp3) is 0.200. The Hall–Kier alpha value is -2.84. The Kier molecular flexibility index (Phi) is 6.33. The highest BCUT2D eigenvalue weighted by Gasteiger charge is 2.10. The monoisotopic (exact) mass is 412 g/mol. The number of thiocarbonyl (C=S) groups is 1. The Morgan fingerprint density at radius 1 is 1.07 bits per heavy atom. The number of thiazole rings is 1. The zero-order valence-electron chi connectivity index (χ0n) is 15.5. The van der Waals surface area contributed by atoms with Gasteiger partial charge in [0.25, 0.3) is 5.91 Å². The first kappa shape index (κ1) is 19.9. The van der Waals surface area contributed by atoms with Crippen molar-refractivity contribution in [2.45, 2.75) is 26.7 Å². The summed E-state index contributed by atoms with van der Waals surface area (Å²) >= 11 is 6.63. The van der Waals surface area contributed by atoms with E-state index in [4.69, 9.17) is 12.2 Å². The number of benzene rings is 2. The van der Waals surface area contributed by atoms with Crippen LogP contribution in [0.5, 0.6) is 0 Å². The summed E-state index contributed by atoms with van der Waals surface area (Å²) in [5.74, 6) is -0.336. The van der Waals surface area contributed by atoms with Crippen LogP contribution in [0.15, 0.2) is 42.5 Å². The van der Waals surface area contributed by atoms with Crippen molar-refractivity contribution < 1.29 is 9.59 Å². The largest absolute Gasteiger partial charge is 0.332 e. The van der Waals surface area contributed by atoms with Crippen LogP contribution in [-0.2, 0) is 11.2 Å². The van der Waals surface area contributed by atoms with Gasteiger partial charge >= 0.3 is 0 Å². The highest BCUT2D eigenvalue weighted by Crippen LogP contribution is 2.28. The Balaban J connectivity index is 1.64. The number of carbonyl (C=O) groups excluding carboxylic acids is 2. The maximum atomic E-state index is 12.3. The van der Waals surface area contributed by atoms with E-state index in [1.807, 2.05) is 30.3 Å². The molecule has 3 N–H and O–H groups in total. The molecule has 0 fully saturated rings. The van der Waals surface area contributed by atoms with Crippen LogP contribution in [-0.4, -0.2) is 21.9 Å². The lowest BCUT2D eigenvalue weighted by molar-refractivity contribution is -0.115. The number of anilines is 2. The minimum absolute atomic E-state index is 0.0757. The maximum absolute atomic E-state index is 12.3. The van der Waals surface area contributed by atoms with Gasteiger partial charge in [0.05, 0.1) is 10.2 Å². The number of carbonyl (C=O) groups is 2. The second kappa shape index (κ2) is 8.90. The molecule has 0 aliphatic carbocycles. The fourth-order valence-corrected chi connectivity index (χ4v) is 3.62. The second-order valence-electron chi connectivity index (χ2n) is 6.06. The molecule has 2 aromatic carbocycles. The fourth-order valence-electron chi connectivity index (χ4n) is 2.49. The number of nitrogens with one attached hydrogen (secondary N) is 3. The molecule has 8 heteroatoms. The van der Waals surface area contributed by atoms with Crippen LogP contribution >= 0.6 is 23.6 Å². The Morgan fingerprint density at radius 3 is 2.50 bits per heavy atom. The minimum Gasteiger partial charge on any atom is -0.332 e. The van der Waals surface area contributed by atoms with Gasteiger partial charge in [0, 0.05) is 17.7 Å². The number of nitrogens with zero attached hydrogens (tertiary/aromatic N) is 1. The van der Waals surface area contributed by atoms with Crippen molar-refractivity contribution in [3.8, 4) is 0 Å². The van der Waals surface area contributed by atoms with E-state index in [1.54, 1.807) is 19.1 Å². The van der Waals surface area contributed by atoms with E-state index in [9.17, 15) is 9.59 Å². The molecule has 3 rings (SSSR count). The molecule has 6 nitrogen and oxygen atoms in total. The molecular formula is C20H20N4O2S2. The average molecular weight is 413 g/mol. The van der Waals surface area contributed by atoms with Gasteiger partial charge in [-0.05, 0) is 54.5 Å². The van der Waals surface area contributed by atoms with Crippen molar-refractivity contribution in [2.24, 2.45) is 0 Å². The van der Waals surface area contributed by atoms with Crippen LogP contribution in [0.25, 0.3) is 10.2 Å². The summed E-state index contributed by atoms with van der Waals surface area (Å²) in [6, 6.07) is 13.0. The summed E-state index contributed by atoms with van der Waals surface area (Å²) in [6.45, 7) is 3.85. The van der Waals surface area contributed by atoms with Gasteiger partial charge in [-0.25, -0.2) is 4.98 Å². The van der Waals surface area contributed by atoms with Crippen molar-refractivity contribution in [3.63, 3.8) is 0 Å². The molecular weight excluding hydrogens is 392 g/mol. The molecule has 0 bridgehead atoms. The minimum atomic E-state index is -0.261. The third-order valence-corrected chi connectivity index (χ3v) is 5.20. The highest BCUT2D eigenvalue weighted by molar-refractivity contribution is 7.80. The van der Waals surface area contributed by atoms with Gasteiger partial charge in [0.1, 0.15) is 0 Å². The molecule has 0 radical (unpaired) electrons. The molecule has 0 saturated heterocycles. The maximum Gasteiger partial charge on any atom is 0.257 e. The number of rotatable bonds is 5. The molecule has 144 valence electrons. The smallest absolute Gasteiger partial charge is 0.257 e. The van der Waals surface area contributed by atoms with E-state index in [2.05, 4.69) is 27.9 Å². The molecule has 0 atom stereocenters.